The van der Waals surface area contributed by atoms with Crippen LogP contribution in [0.3, 0.4) is 0 Å². The average molecular weight is 201 g/mol. The maximum Gasteiger partial charge on any atom is 0.343 e. The molecule has 0 radical (unpaired) electrons. The van der Waals surface area contributed by atoms with Crippen LogP contribution in [0, 0.1) is 5.92 Å². The molecule has 4 heteroatoms. The van der Waals surface area contributed by atoms with Gasteiger partial charge in [-0.15, -0.1) is 0 Å². The first-order chi connectivity index (χ1) is 6.13. The molecule has 0 saturated heterocycles. The van der Waals surface area contributed by atoms with Crippen molar-refractivity contribution < 1.29 is 9.53 Å². The van der Waals surface area contributed by atoms with E-state index in [4.69, 9.17) is 4.74 Å². The smallest absolute Gasteiger partial charge is 0.343 e. The normalized spacial score (nSPS) is 26.2. The lowest BCUT2D eigenvalue weighted by molar-refractivity contribution is -0.148. The molecule has 3 nitrogen and oxygen atoms in total. The van der Waals surface area contributed by atoms with E-state index in [2.05, 4.69) is 5.32 Å². The highest BCUT2D eigenvalue weighted by atomic mass is 32.2. The highest BCUT2D eigenvalue weighted by Crippen LogP contribution is 2.36. The maximum absolute atomic E-state index is 11.7. The molecule has 0 bridgehead atoms. The van der Waals surface area contributed by atoms with Crippen molar-refractivity contribution in [3.63, 3.8) is 0 Å². The number of carbonyl (C=O) groups excluding carboxylic acids is 1. The molecule has 0 spiro atoms. The van der Waals surface area contributed by atoms with Gasteiger partial charge in [0.2, 0.25) is 0 Å². The van der Waals surface area contributed by atoms with Crippen molar-refractivity contribution in [1.82, 2.24) is 5.32 Å². The fourth-order valence-corrected chi connectivity index (χ4v) is 2.13. The van der Waals surface area contributed by atoms with Crippen LogP contribution in [0.5, 0.6) is 0 Å². The van der Waals surface area contributed by atoms with E-state index in [-0.39, 0.29) is 11.9 Å². The first-order valence-corrected chi connectivity index (χ1v) is 5.29. The second-order valence-electron chi connectivity index (χ2n) is 3.18. The SMILES string of the molecule is CCOC(=O)C1(C(C)C)NC=CS1. The van der Waals surface area contributed by atoms with E-state index in [1.807, 2.05) is 26.2 Å². The second kappa shape index (κ2) is 4.05. The summed E-state index contributed by atoms with van der Waals surface area (Å²) in [5.74, 6) is 0.0200. The third kappa shape index (κ3) is 1.82. The van der Waals surface area contributed by atoms with Crippen LogP contribution in [0.15, 0.2) is 11.6 Å². The molecule has 0 saturated carbocycles. The van der Waals surface area contributed by atoms with Crippen molar-refractivity contribution in [2.24, 2.45) is 5.92 Å². The van der Waals surface area contributed by atoms with Gasteiger partial charge in [0.25, 0.3) is 0 Å². The van der Waals surface area contributed by atoms with E-state index in [1.165, 1.54) is 11.8 Å². The molecule has 74 valence electrons. The molecule has 0 fully saturated rings. The fraction of sp³-hybridized carbons (Fsp3) is 0.667. The number of hydrogen-bond donors (Lipinski definition) is 1. The standard InChI is InChI=1S/C9H15NO2S/c1-4-12-8(11)9(7(2)3)10-5-6-13-9/h5-7,10H,4H2,1-3H3. The molecular weight excluding hydrogens is 186 g/mol. The van der Waals surface area contributed by atoms with Gasteiger partial charge in [0.05, 0.1) is 6.61 Å². The Balaban J connectivity index is 2.73. The van der Waals surface area contributed by atoms with Gasteiger partial charge in [-0.2, -0.15) is 0 Å². The molecule has 1 heterocycles. The molecule has 13 heavy (non-hydrogen) atoms. The lowest BCUT2D eigenvalue weighted by atomic mass is 10.0. The molecule has 1 rings (SSSR count). The first kappa shape index (κ1) is 10.4. The van der Waals surface area contributed by atoms with E-state index < -0.39 is 4.87 Å². The molecule has 1 atom stereocenters. The minimum atomic E-state index is -0.601. The van der Waals surface area contributed by atoms with Crippen molar-refractivity contribution in [3.8, 4) is 0 Å². The van der Waals surface area contributed by atoms with Gasteiger partial charge in [-0.1, -0.05) is 25.6 Å². The number of ether oxygens (including phenoxy) is 1. The summed E-state index contributed by atoms with van der Waals surface area (Å²) >= 11 is 1.48. The van der Waals surface area contributed by atoms with E-state index in [1.54, 1.807) is 6.20 Å². The molecule has 0 aliphatic carbocycles. The monoisotopic (exact) mass is 201 g/mol. The van der Waals surface area contributed by atoms with Gasteiger partial charge in [-0.25, -0.2) is 4.79 Å². The summed E-state index contributed by atoms with van der Waals surface area (Å²) in [6.07, 6.45) is 1.79. The van der Waals surface area contributed by atoms with E-state index in [0.717, 1.165) is 0 Å². The largest absolute Gasteiger partial charge is 0.464 e. The predicted molar refractivity (Wildman–Crippen MR) is 54.1 cm³/mol. The summed E-state index contributed by atoms with van der Waals surface area (Å²) in [4.78, 5) is 11.1. The second-order valence-corrected chi connectivity index (χ2v) is 4.33. The minimum absolute atomic E-state index is 0.181. The molecule has 1 unspecified atom stereocenters. The van der Waals surface area contributed by atoms with Crippen molar-refractivity contribution in [2.75, 3.05) is 6.61 Å². The van der Waals surface area contributed by atoms with Crippen LogP contribution in [-0.4, -0.2) is 17.4 Å². The third-order valence-corrected chi connectivity index (χ3v) is 3.41. The van der Waals surface area contributed by atoms with E-state index in [9.17, 15) is 4.79 Å². The lowest BCUT2D eigenvalue weighted by Gasteiger charge is -2.30. The topological polar surface area (TPSA) is 38.3 Å². The van der Waals surface area contributed by atoms with E-state index >= 15 is 0 Å². The molecule has 0 amide bonds. The lowest BCUT2D eigenvalue weighted by Crippen LogP contribution is -2.49. The zero-order chi connectivity index (χ0) is 9.90. The number of carbonyl (C=O) groups is 1. The van der Waals surface area contributed by atoms with Gasteiger partial charge >= 0.3 is 5.97 Å². The highest BCUT2D eigenvalue weighted by Gasteiger charge is 2.44. The number of esters is 1. The Kier molecular flexibility index (Phi) is 3.25. The summed E-state index contributed by atoms with van der Waals surface area (Å²) in [6, 6.07) is 0. The van der Waals surface area contributed by atoms with Crippen molar-refractivity contribution in [2.45, 2.75) is 25.6 Å². The number of rotatable bonds is 3. The average Bonchev–Trinajstić information content (AvgIpc) is 2.53. The number of hydrogen-bond acceptors (Lipinski definition) is 4. The predicted octanol–water partition coefficient (Wildman–Crippen LogP) is 1.71. The Hall–Kier alpha value is -0.640. The number of thioether (sulfide) groups is 1. The quantitative estimate of drug-likeness (QED) is 0.705. The van der Waals surface area contributed by atoms with Crippen LogP contribution in [-0.2, 0) is 9.53 Å². The highest BCUT2D eigenvalue weighted by molar-refractivity contribution is 8.04. The minimum Gasteiger partial charge on any atom is -0.464 e. The van der Waals surface area contributed by atoms with Crippen LogP contribution in [0.2, 0.25) is 0 Å². The Morgan fingerprint density at radius 3 is 2.77 bits per heavy atom. The van der Waals surface area contributed by atoms with Crippen LogP contribution in [0.25, 0.3) is 0 Å². The van der Waals surface area contributed by atoms with Crippen molar-refractivity contribution in [3.05, 3.63) is 11.6 Å². The Morgan fingerprint density at radius 1 is 1.69 bits per heavy atom. The van der Waals surface area contributed by atoms with Gasteiger partial charge in [-0.05, 0) is 18.2 Å². The van der Waals surface area contributed by atoms with Gasteiger partial charge in [0.1, 0.15) is 0 Å². The number of nitrogens with one attached hydrogen (secondary N) is 1. The van der Waals surface area contributed by atoms with Crippen LogP contribution in [0.4, 0.5) is 0 Å². The molecule has 0 aromatic rings. The van der Waals surface area contributed by atoms with Gasteiger partial charge in [-0.3, -0.25) is 0 Å². The van der Waals surface area contributed by atoms with E-state index in [0.29, 0.717) is 6.61 Å². The summed E-state index contributed by atoms with van der Waals surface area (Å²) in [6.45, 7) is 6.25. The summed E-state index contributed by atoms with van der Waals surface area (Å²) < 4.78 is 5.03. The zero-order valence-corrected chi connectivity index (χ0v) is 8.98. The molecule has 0 aromatic heterocycles. The summed E-state index contributed by atoms with van der Waals surface area (Å²) in [7, 11) is 0. The molecular formula is C9H15NO2S. The molecule has 1 aliphatic heterocycles. The first-order valence-electron chi connectivity index (χ1n) is 4.41. The van der Waals surface area contributed by atoms with Crippen LogP contribution < -0.4 is 5.32 Å². The molecule has 1 aliphatic rings. The van der Waals surface area contributed by atoms with Gasteiger partial charge < -0.3 is 10.1 Å². The molecule has 1 N–H and O–H groups in total. The Labute approximate surface area is 82.9 Å². The third-order valence-electron chi connectivity index (χ3n) is 2.01. The van der Waals surface area contributed by atoms with Gasteiger partial charge in [0, 0.05) is 6.20 Å². The maximum atomic E-state index is 11.7. The van der Waals surface area contributed by atoms with Crippen molar-refractivity contribution >= 4 is 17.7 Å². The summed E-state index contributed by atoms with van der Waals surface area (Å²) in [5, 5.41) is 4.95. The molecule has 0 aromatic carbocycles. The zero-order valence-electron chi connectivity index (χ0n) is 8.16. The fourth-order valence-electron chi connectivity index (χ4n) is 1.22. The van der Waals surface area contributed by atoms with Crippen LogP contribution >= 0.6 is 11.8 Å². The van der Waals surface area contributed by atoms with Gasteiger partial charge in [0.15, 0.2) is 4.87 Å². The Bertz CT molecular complexity index is 218. The Morgan fingerprint density at radius 2 is 2.38 bits per heavy atom. The van der Waals surface area contributed by atoms with Crippen molar-refractivity contribution in [1.29, 1.82) is 0 Å². The summed E-state index contributed by atoms with van der Waals surface area (Å²) in [5.41, 5.74) is 0. The van der Waals surface area contributed by atoms with Crippen LogP contribution in [0.1, 0.15) is 20.8 Å².